The molecule has 0 amide bonds. The lowest BCUT2D eigenvalue weighted by atomic mass is 10.1. The number of fused-ring (bicyclic) bond motifs is 1. The highest BCUT2D eigenvalue weighted by Crippen LogP contribution is 2.35. The molecule has 1 aromatic carbocycles. The quantitative estimate of drug-likeness (QED) is 0.516. The highest BCUT2D eigenvalue weighted by atomic mass is 16.5. The number of benzene rings is 1. The van der Waals surface area contributed by atoms with Gasteiger partial charge in [0.15, 0.2) is 0 Å². The number of aliphatic hydroxyl groups is 1. The Morgan fingerprint density at radius 1 is 1.29 bits per heavy atom. The van der Waals surface area contributed by atoms with Gasteiger partial charge in [0.25, 0.3) is 5.56 Å². The summed E-state index contributed by atoms with van der Waals surface area (Å²) in [5.41, 5.74) is 2.70. The van der Waals surface area contributed by atoms with Crippen molar-refractivity contribution in [3.63, 3.8) is 0 Å². The summed E-state index contributed by atoms with van der Waals surface area (Å²) in [5.74, 6) is 0.769. The fraction of sp³-hybridized carbons (Fsp3) is 0.522. The highest BCUT2D eigenvalue weighted by molar-refractivity contribution is 5.93. The molecule has 3 aromatic rings. The molecule has 8 nitrogen and oxygen atoms in total. The molecule has 1 saturated carbocycles. The molecule has 1 aliphatic rings. The lowest BCUT2D eigenvalue weighted by Gasteiger charge is -2.24. The zero-order valence-electron chi connectivity index (χ0n) is 18.5. The summed E-state index contributed by atoms with van der Waals surface area (Å²) in [4.78, 5) is 15.2. The van der Waals surface area contributed by atoms with E-state index in [9.17, 15) is 9.90 Å². The third kappa shape index (κ3) is 4.58. The molecule has 0 radical (unpaired) electrons. The molecule has 1 aliphatic carbocycles. The van der Waals surface area contributed by atoms with Crippen molar-refractivity contribution in [1.82, 2.24) is 20.0 Å². The number of nitrogens with one attached hydrogen (secondary N) is 1. The topological polar surface area (TPSA) is 96.3 Å². The Bertz CT molecular complexity index is 1100. The van der Waals surface area contributed by atoms with E-state index in [-0.39, 0.29) is 24.3 Å². The monoisotopic (exact) mass is 425 g/mol. The van der Waals surface area contributed by atoms with Gasteiger partial charge >= 0.3 is 0 Å². The van der Waals surface area contributed by atoms with Crippen molar-refractivity contribution < 1.29 is 9.84 Å². The van der Waals surface area contributed by atoms with Crippen LogP contribution in [0, 0.1) is 0 Å². The molecule has 0 bridgehead atoms. The summed E-state index contributed by atoms with van der Waals surface area (Å²) in [6.45, 7) is 7.22. The predicted octanol–water partition coefficient (Wildman–Crippen LogP) is 3.51. The van der Waals surface area contributed by atoms with Crippen LogP contribution in [0.3, 0.4) is 0 Å². The Hall–Kier alpha value is -2.87. The Morgan fingerprint density at radius 3 is 2.77 bits per heavy atom. The van der Waals surface area contributed by atoms with Crippen LogP contribution < -0.4 is 15.2 Å². The number of hydrogen-bond donors (Lipinski definition) is 2. The first kappa shape index (κ1) is 21.4. The van der Waals surface area contributed by atoms with Crippen LogP contribution in [0.5, 0.6) is 5.75 Å². The van der Waals surface area contributed by atoms with E-state index in [0.717, 1.165) is 42.3 Å². The van der Waals surface area contributed by atoms with Crippen LogP contribution >= 0.6 is 0 Å². The molecule has 4 rings (SSSR count). The maximum Gasteiger partial charge on any atom is 0.290 e. The van der Waals surface area contributed by atoms with Gasteiger partial charge in [0.1, 0.15) is 22.8 Å². The number of unbranched alkanes of at least 4 members (excludes halogenated alkanes) is 1. The van der Waals surface area contributed by atoms with Crippen LogP contribution in [0.25, 0.3) is 22.3 Å². The van der Waals surface area contributed by atoms with Gasteiger partial charge in [-0.3, -0.25) is 9.89 Å². The van der Waals surface area contributed by atoms with Crippen molar-refractivity contribution in [2.45, 2.75) is 58.6 Å². The summed E-state index contributed by atoms with van der Waals surface area (Å²) in [6.07, 6.45) is 3.94. The largest absolute Gasteiger partial charge is 0.491 e. The number of H-pyrrole nitrogens is 1. The smallest absolute Gasteiger partial charge is 0.290 e. The first-order valence-electron chi connectivity index (χ1n) is 11.2. The van der Waals surface area contributed by atoms with Crippen molar-refractivity contribution in [2.75, 3.05) is 24.6 Å². The molecule has 2 heterocycles. The third-order valence-corrected chi connectivity index (χ3v) is 5.45. The second-order valence-corrected chi connectivity index (χ2v) is 8.41. The van der Waals surface area contributed by atoms with Crippen LogP contribution in [-0.4, -0.2) is 50.9 Å². The fourth-order valence-electron chi connectivity index (χ4n) is 3.76. The van der Waals surface area contributed by atoms with Crippen molar-refractivity contribution in [2.24, 2.45) is 0 Å². The van der Waals surface area contributed by atoms with E-state index in [2.05, 4.69) is 17.1 Å². The van der Waals surface area contributed by atoms with Gasteiger partial charge in [0.2, 0.25) is 0 Å². The zero-order valence-corrected chi connectivity index (χ0v) is 18.5. The second kappa shape index (κ2) is 9.09. The number of hydrogen-bond acceptors (Lipinski definition) is 6. The number of aromatic amines is 1. The lowest BCUT2D eigenvalue weighted by molar-refractivity contribution is 0.243. The standard InChI is InChI=1S/C23H31N5O3/c1-4-5-10-27(11-12-29)21-14-20(26-28(23(21)30)16-6-7-16)22-18-13-17(31-15(2)3)8-9-19(18)24-25-22/h8-9,13-16,29H,4-7,10-12H2,1-3H3,(H,24,25). The number of aromatic nitrogens is 4. The minimum atomic E-state index is -0.0977. The molecule has 166 valence electrons. The number of rotatable bonds is 10. The van der Waals surface area contributed by atoms with Gasteiger partial charge in [-0.1, -0.05) is 13.3 Å². The second-order valence-electron chi connectivity index (χ2n) is 8.41. The maximum absolute atomic E-state index is 13.2. The summed E-state index contributed by atoms with van der Waals surface area (Å²) in [5, 5.41) is 22.8. The molecule has 31 heavy (non-hydrogen) atoms. The van der Waals surface area contributed by atoms with Crippen molar-refractivity contribution in [3.05, 3.63) is 34.6 Å². The van der Waals surface area contributed by atoms with Gasteiger partial charge in [-0.05, 0) is 57.4 Å². The summed E-state index contributed by atoms with van der Waals surface area (Å²) in [6, 6.07) is 7.78. The van der Waals surface area contributed by atoms with E-state index in [1.165, 1.54) is 0 Å². The summed E-state index contributed by atoms with van der Waals surface area (Å²) in [7, 11) is 0. The molecule has 2 aromatic heterocycles. The van der Waals surface area contributed by atoms with Crippen LogP contribution in [0.2, 0.25) is 0 Å². The third-order valence-electron chi connectivity index (χ3n) is 5.45. The SMILES string of the molecule is CCCCN(CCO)c1cc(-c2n[nH]c3ccc(OC(C)C)cc23)nn(C2CC2)c1=O. The normalized spacial score (nSPS) is 13.8. The van der Waals surface area contributed by atoms with Crippen LogP contribution in [0.4, 0.5) is 5.69 Å². The highest BCUT2D eigenvalue weighted by Gasteiger charge is 2.29. The molecular weight excluding hydrogens is 394 g/mol. The van der Waals surface area contributed by atoms with Gasteiger partial charge in [-0.25, -0.2) is 4.68 Å². The molecule has 0 unspecified atom stereocenters. The number of nitrogens with zero attached hydrogens (tertiary/aromatic N) is 4. The van der Waals surface area contributed by atoms with Crippen LogP contribution in [0.1, 0.15) is 52.5 Å². The molecule has 8 heteroatoms. The molecular formula is C23H31N5O3. The van der Waals surface area contributed by atoms with Crippen LogP contribution in [0.15, 0.2) is 29.1 Å². The molecule has 0 aliphatic heterocycles. The van der Waals surface area contributed by atoms with E-state index in [1.807, 2.05) is 43.0 Å². The predicted molar refractivity (Wildman–Crippen MR) is 122 cm³/mol. The average Bonchev–Trinajstić information content (AvgIpc) is 3.50. The van der Waals surface area contributed by atoms with E-state index < -0.39 is 0 Å². The Balaban J connectivity index is 1.83. The molecule has 0 saturated heterocycles. The molecule has 0 atom stereocenters. The number of aliphatic hydroxyl groups excluding tert-OH is 1. The minimum absolute atomic E-state index is 0.00846. The average molecular weight is 426 g/mol. The van der Waals surface area contributed by atoms with Crippen molar-refractivity contribution in [3.8, 4) is 17.1 Å². The summed E-state index contributed by atoms with van der Waals surface area (Å²) >= 11 is 0. The Labute approximate surface area is 181 Å². The van der Waals surface area contributed by atoms with E-state index in [1.54, 1.807) is 4.68 Å². The van der Waals surface area contributed by atoms with Gasteiger partial charge < -0.3 is 14.7 Å². The lowest BCUT2D eigenvalue weighted by Crippen LogP contribution is -2.36. The van der Waals surface area contributed by atoms with E-state index in [0.29, 0.717) is 30.2 Å². The Kier molecular flexibility index (Phi) is 6.27. The summed E-state index contributed by atoms with van der Waals surface area (Å²) < 4.78 is 7.47. The molecule has 2 N–H and O–H groups in total. The zero-order chi connectivity index (χ0) is 22.0. The van der Waals surface area contributed by atoms with E-state index >= 15 is 0 Å². The molecule has 0 spiro atoms. The van der Waals surface area contributed by atoms with Crippen LogP contribution in [-0.2, 0) is 0 Å². The van der Waals surface area contributed by atoms with Gasteiger partial charge in [-0.15, -0.1) is 0 Å². The van der Waals surface area contributed by atoms with E-state index in [4.69, 9.17) is 9.84 Å². The first-order valence-corrected chi connectivity index (χ1v) is 11.2. The minimum Gasteiger partial charge on any atom is -0.491 e. The fourth-order valence-corrected chi connectivity index (χ4v) is 3.76. The number of ether oxygens (including phenoxy) is 1. The van der Waals surface area contributed by atoms with Crippen molar-refractivity contribution >= 4 is 16.6 Å². The van der Waals surface area contributed by atoms with Crippen molar-refractivity contribution in [1.29, 1.82) is 0 Å². The maximum atomic E-state index is 13.2. The van der Waals surface area contributed by atoms with Gasteiger partial charge in [0, 0.05) is 18.5 Å². The van der Waals surface area contributed by atoms with Gasteiger partial charge in [0.05, 0.1) is 24.3 Å². The van der Waals surface area contributed by atoms with Gasteiger partial charge in [-0.2, -0.15) is 10.2 Å². The first-order chi connectivity index (χ1) is 15.0. The number of anilines is 1. The Morgan fingerprint density at radius 2 is 2.10 bits per heavy atom. The molecule has 1 fully saturated rings.